The molecule has 4 aliphatic carbocycles. The second-order valence-electron chi connectivity index (χ2n) is 17.9. The first-order valence-corrected chi connectivity index (χ1v) is 18.6. The number of benzene rings is 1. The first-order chi connectivity index (χ1) is 23.2. The van der Waals surface area contributed by atoms with E-state index >= 15 is 0 Å². The number of ether oxygens (including phenoxy) is 4. The lowest BCUT2D eigenvalue weighted by Gasteiger charge is -2.70. The van der Waals surface area contributed by atoms with Gasteiger partial charge in [-0.05, 0) is 87.2 Å². The zero-order valence-electron chi connectivity index (χ0n) is 31.4. The molecule has 5 aliphatic rings. The first-order valence-electron chi connectivity index (χ1n) is 18.6. The van der Waals surface area contributed by atoms with Crippen LogP contribution in [0.15, 0.2) is 42.0 Å². The van der Waals surface area contributed by atoms with Gasteiger partial charge in [-0.15, -0.1) is 0 Å². The first kappa shape index (κ1) is 37.0. The van der Waals surface area contributed by atoms with Crippen LogP contribution in [0.2, 0.25) is 0 Å². The third kappa shape index (κ3) is 5.83. The molecule has 0 aromatic heterocycles. The summed E-state index contributed by atoms with van der Waals surface area (Å²) in [7, 11) is 0. The Hall–Kier alpha value is -2.75. The summed E-state index contributed by atoms with van der Waals surface area (Å²) >= 11 is 0. The fraction of sp³-hybridized carbons (Fsp3) is 0.732. The summed E-state index contributed by atoms with van der Waals surface area (Å²) in [5.74, 6) is -0.904. The van der Waals surface area contributed by atoms with Crippen molar-refractivity contribution in [1.82, 2.24) is 0 Å². The molecular weight excluding hydrogens is 636 g/mol. The number of aliphatic hydroxyl groups excluding tert-OH is 1. The number of carbonyl (C=O) groups excluding carboxylic acids is 3. The number of rotatable bonds is 6. The molecule has 276 valence electrons. The average Bonchev–Trinajstić information content (AvgIpc) is 3.38. The van der Waals surface area contributed by atoms with E-state index in [0.29, 0.717) is 31.4 Å². The molecule has 1 saturated heterocycles. The summed E-state index contributed by atoms with van der Waals surface area (Å²) in [5, 5.41) is 21.7. The van der Waals surface area contributed by atoms with Gasteiger partial charge in [0.05, 0.1) is 23.9 Å². The van der Waals surface area contributed by atoms with Crippen LogP contribution in [0.3, 0.4) is 0 Å². The van der Waals surface area contributed by atoms with Crippen LogP contribution in [0, 0.1) is 45.3 Å². The monoisotopic (exact) mass is 694 g/mol. The molecule has 0 radical (unpaired) electrons. The highest BCUT2D eigenvalue weighted by Gasteiger charge is 2.72. The van der Waals surface area contributed by atoms with E-state index in [9.17, 15) is 24.6 Å². The van der Waals surface area contributed by atoms with Crippen molar-refractivity contribution in [1.29, 1.82) is 0 Å². The quantitative estimate of drug-likeness (QED) is 0.197. The number of aliphatic hydroxyl groups is 2. The maximum atomic E-state index is 13.4. The second-order valence-corrected chi connectivity index (χ2v) is 17.9. The van der Waals surface area contributed by atoms with E-state index in [2.05, 4.69) is 40.7 Å². The largest absolute Gasteiger partial charge is 0.462 e. The maximum absolute atomic E-state index is 13.4. The summed E-state index contributed by atoms with van der Waals surface area (Å²) in [4.78, 5) is 39.1. The van der Waals surface area contributed by atoms with Crippen LogP contribution in [0.5, 0.6) is 0 Å². The van der Waals surface area contributed by atoms with Crippen LogP contribution in [0.4, 0.5) is 0 Å². The third-order valence-corrected chi connectivity index (χ3v) is 14.3. The lowest BCUT2D eigenvalue weighted by molar-refractivity contribution is -0.260. The number of hydrogen-bond acceptors (Lipinski definition) is 9. The number of hydrogen-bond donors (Lipinski definition) is 2. The van der Waals surface area contributed by atoms with Crippen molar-refractivity contribution in [2.24, 2.45) is 45.3 Å². The molecule has 50 heavy (non-hydrogen) atoms. The van der Waals surface area contributed by atoms with Gasteiger partial charge in [-0.1, -0.05) is 64.5 Å². The van der Waals surface area contributed by atoms with Gasteiger partial charge in [-0.25, -0.2) is 4.79 Å². The Balaban J connectivity index is 1.37. The van der Waals surface area contributed by atoms with Gasteiger partial charge in [-0.3, -0.25) is 9.59 Å². The van der Waals surface area contributed by atoms with Gasteiger partial charge in [-0.2, -0.15) is 0 Å². The number of fused-ring (bicyclic) bond motifs is 5. The van der Waals surface area contributed by atoms with Gasteiger partial charge in [0.1, 0.15) is 24.4 Å². The van der Waals surface area contributed by atoms with Gasteiger partial charge >= 0.3 is 17.9 Å². The average molecular weight is 695 g/mol. The molecule has 3 saturated carbocycles. The summed E-state index contributed by atoms with van der Waals surface area (Å²) in [6.07, 6.45) is 3.47. The topological polar surface area (TPSA) is 129 Å². The van der Waals surface area contributed by atoms with Crippen molar-refractivity contribution in [2.45, 2.75) is 137 Å². The SMILES string of the molecule is CC(=O)OC1CC2C(C)(C)C(OC(=O)c3ccccc3)CC(OC(C)=O)C2(C)C2CCC3(C)C(=CCC3C3COC(C(C)(C)O)C(O)C3)C12C. The van der Waals surface area contributed by atoms with Crippen LogP contribution in [0.1, 0.15) is 111 Å². The molecule has 6 rings (SSSR count). The normalized spacial score (nSPS) is 42.2. The molecule has 9 heteroatoms. The van der Waals surface area contributed by atoms with E-state index in [1.165, 1.54) is 19.4 Å². The molecule has 1 aromatic carbocycles. The molecule has 12 unspecified atom stereocenters. The Morgan fingerprint density at radius 2 is 1.50 bits per heavy atom. The maximum Gasteiger partial charge on any atom is 0.338 e. The lowest BCUT2D eigenvalue weighted by atomic mass is 9.36. The molecule has 2 N–H and O–H groups in total. The fourth-order valence-electron chi connectivity index (χ4n) is 12.1. The molecule has 12 atom stereocenters. The molecule has 1 heterocycles. The number of esters is 3. The van der Waals surface area contributed by atoms with E-state index in [4.69, 9.17) is 18.9 Å². The van der Waals surface area contributed by atoms with Gasteiger partial charge in [0.25, 0.3) is 0 Å². The molecule has 4 fully saturated rings. The zero-order valence-corrected chi connectivity index (χ0v) is 31.4. The number of allylic oxidation sites excluding steroid dienone is 1. The van der Waals surface area contributed by atoms with Crippen molar-refractivity contribution in [3.05, 3.63) is 47.5 Å². The molecule has 1 aromatic rings. The van der Waals surface area contributed by atoms with E-state index in [1.54, 1.807) is 26.0 Å². The van der Waals surface area contributed by atoms with Crippen LogP contribution < -0.4 is 0 Å². The van der Waals surface area contributed by atoms with Crippen molar-refractivity contribution < 1.29 is 43.5 Å². The molecule has 0 bridgehead atoms. The van der Waals surface area contributed by atoms with E-state index < -0.39 is 58.3 Å². The van der Waals surface area contributed by atoms with Crippen LogP contribution in [-0.2, 0) is 28.5 Å². The van der Waals surface area contributed by atoms with Gasteiger partial charge in [0, 0.05) is 36.5 Å². The Kier molecular flexibility index (Phi) is 9.43. The van der Waals surface area contributed by atoms with E-state index in [0.717, 1.165) is 19.3 Å². The highest BCUT2D eigenvalue weighted by molar-refractivity contribution is 5.89. The zero-order chi connectivity index (χ0) is 36.6. The van der Waals surface area contributed by atoms with Gasteiger partial charge in [0.2, 0.25) is 0 Å². The highest BCUT2D eigenvalue weighted by Crippen LogP contribution is 2.74. The van der Waals surface area contributed by atoms with Crippen LogP contribution in [0.25, 0.3) is 0 Å². The summed E-state index contributed by atoms with van der Waals surface area (Å²) in [5.41, 5.74) is -1.21. The third-order valence-electron chi connectivity index (χ3n) is 14.3. The second kappa shape index (κ2) is 12.7. The van der Waals surface area contributed by atoms with E-state index in [-0.39, 0.29) is 41.0 Å². The molecule has 9 nitrogen and oxygen atoms in total. The predicted molar refractivity (Wildman–Crippen MR) is 187 cm³/mol. The lowest BCUT2D eigenvalue weighted by Crippen LogP contribution is -2.70. The van der Waals surface area contributed by atoms with Crippen LogP contribution >= 0.6 is 0 Å². The van der Waals surface area contributed by atoms with Crippen LogP contribution in [-0.4, -0.2) is 70.8 Å². The summed E-state index contributed by atoms with van der Waals surface area (Å²) < 4.78 is 25.1. The predicted octanol–water partition coefficient (Wildman–Crippen LogP) is 6.44. The van der Waals surface area contributed by atoms with Gasteiger partial charge < -0.3 is 29.2 Å². The Morgan fingerprint density at radius 1 is 0.860 bits per heavy atom. The Labute approximate surface area is 297 Å². The van der Waals surface area contributed by atoms with Gasteiger partial charge in [0.15, 0.2) is 0 Å². The van der Waals surface area contributed by atoms with Crippen molar-refractivity contribution in [2.75, 3.05) is 6.61 Å². The van der Waals surface area contributed by atoms with Crippen molar-refractivity contribution in [3.63, 3.8) is 0 Å². The summed E-state index contributed by atoms with van der Waals surface area (Å²) in [6.45, 7) is 17.9. The molecule has 0 spiro atoms. The molecular formula is C41H58O9. The van der Waals surface area contributed by atoms with E-state index in [1.807, 2.05) is 18.2 Å². The minimum atomic E-state index is -1.14. The Bertz CT molecular complexity index is 1510. The fourth-order valence-corrected chi connectivity index (χ4v) is 12.1. The Morgan fingerprint density at radius 3 is 2.10 bits per heavy atom. The standard InChI is InChI=1S/C41H58O9/c1-23(42)48-33-20-31-37(3,4)32(50-36(45)25-13-11-10-12-14-25)21-34(49-24(2)43)41(31,9)30-17-18-39(7)27(15-16-29(39)40(30,33)8)26-19-28(44)35(47-22-26)38(5,6)46/h10-14,16,26-28,30-35,44,46H,15,17-22H2,1-9H3. The van der Waals surface area contributed by atoms with Crippen molar-refractivity contribution in [3.8, 4) is 0 Å². The highest BCUT2D eigenvalue weighted by atomic mass is 16.6. The minimum absolute atomic E-state index is 0.00154. The number of carbonyl (C=O) groups is 3. The van der Waals surface area contributed by atoms with Crippen molar-refractivity contribution >= 4 is 17.9 Å². The molecule has 0 amide bonds. The summed E-state index contributed by atoms with van der Waals surface area (Å²) in [6, 6.07) is 8.95. The minimum Gasteiger partial charge on any atom is -0.462 e. The smallest absolute Gasteiger partial charge is 0.338 e. The molecule has 1 aliphatic heterocycles.